The van der Waals surface area contributed by atoms with E-state index in [0.717, 1.165) is 5.39 Å². The molecule has 32 heavy (non-hydrogen) atoms. The first-order chi connectivity index (χ1) is 15.4. The third-order valence-electron chi connectivity index (χ3n) is 5.01. The van der Waals surface area contributed by atoms with Gasteiger partial charge in [0.25, 0.3) is 5.91 Å². The Labute approximate surface area is 184 Å². The molecule has 4 N–H and O–H groups in total. The lowest BCUT2D eigenvalue weighted by atomic mass is 10.0. The highest BCUT2D eigenvalue weighted by molar-refractivity contribution is 6.11. The summed E-state index contributed by atoms with van der Waals surface area (Å²) < 4.78 is 0. The molecule has 4 aromatic carbocycles. The summed E-state index contributed by atoms with van der Waals surface area (Å²) in [5.41, 5.74) is 7.77. The maximum Gasteiger partial charge on any atom is 0.259 e. The van der Waals surface area contributed by atoms with E-state index in [0.29, 0.717) is 27.9 Å². The summed E-state index contributed by atoms with van der Waals surface area (Å²) in [5.74, 6) is -1.26. The van der Waals surface area contributed by atoms with Crippen LogP contribution < -0.4 is 11.1 Å². The molecule has 0 unspecified atom stereocenters. The number of azo groups is 1. The Morgan fingerprint density at radius 2 is 1.62 bits per heavy atom. The predicted octanol–water partition coefficient (Wildman–Crippen LogP) is 5.62. The highest BCUT2D eigenvalue weighted by atomic mass is 16.3. The molecule has 0 aliphatic rings. The van der Waals surface area contributed by atoms with Crippen molar-refractivity contribution in [3.8, 4) is 5.75 Å². The summed E-state index contributed by atoms with van der Waals surface area (Å²) >= 11 is 0. The number of aryl methyl sites for hydroxylation is 1. The van der Waals surface area contributed by atoms with E-state index >= 15 is 0 Å². The molecule has 7 heteroatoms. The number of para-hydroxylation sites is 1. The number of primary amides is 1. The van der Waals surface area contributed by atoms with Gasteiger partial charge in [0.05, 0.1) is 11.3 Å². The fraction of sp³-hybridized carbons (Fsp3) is 0.0400. The first kappa shape index (κ1) is 20.7. The van der Waals surface area contributed by atoms with Gasteiger partial charge in [0.15, 0.2) is 5.75 Å². The zero-order valence-corrected chi connectivity index (χ0v) is 17.2. The number of phenols is 1. The van der Waals surface area contributed by atoms with Crippen molar-refractivity contribution in [2.45, 2.75) is 6.92 Å². The van der Waals surface area contributed by atoms with Crippen LogP contribution in [-0.4, -0.2) is 16.9 Å². The maximum absolute atomic E-state index is 12.9. The lowest BCUT2D eigenvalue weighted by Crippen LogP contribution is -2.12. The number of nitrogens with one attached hydrogen (secondary N) is 1. The molecule has 0 saturated heterocycles. The number of rotatable bonds is 5. The van der Waals surface area contributed by atoms with Crippen LogP contribution in [0.3, 0.4) is 0 Å². The Morgan fingerprint density at radius 3 is 2.34 bits per heavy atom. The van der Waals surface area contributed by atoms with Crippen LogP contribution in [0.4, 0.5) is 17.1 Å². The minimum Gasteiger partial charge on any atom is -0.505 e. The topological polar surface area (TPSA) is 117 Å². The number of carbonyl (C=O) groups is 2. The highest BCUT2D eigenvalue weighted by Crippen LogP contribution is 2.39. The Bertz CT molecular complexity index is 1360. The van der Waals surface area contributed by atoms with E-state index in [1.807, 2.05) is 24.3 Å². The molecule has 0 aliphatic heterocycles. The number of carbonyl (C=O) groups excluding carboxylic acids is 2. The molecule has 0 atom stereocenters. The quantitative estimate of drug-likeness (QED) is 0.361. The number of nitrogens with zero attached hydrogens (tertiary/aromatic N) is 2. The molecule has 4 aromatic rings. The summed E-state index contributed by atoms with van der Waals surface area (Å²) in [6, 6.07) is 22.7. The zero-order valence-electron chi connectivity index (χ0n) is 17.2. The number of anilines is 1. The van der Waals surface area contributed by atoms with Crippen molar-refractivity contribution >= 4 is 39.6 Å². The molecule has 0 spiro atoms. The second kappa shape index (κ2) is 8.69. The Balaban J connectivity index is 1.77. The largest absolute Gasteiger partial charge is 0.505 e. The van der Waals surface area contributed by atoms with E-state index in [9.17, 15) is 14.7 Å². The first-order valence-electron chi connectivity index (χ1n) is 9.87. The highest BCUT2D eigenvalue weighted by Gasteiger charge is 2.18. The van der Waals surface area contributed by atoms with Gasteiger partial charge < -0.3 is 16.2 Å². The Kier molecular flexibility index (Phi) is 5.63. The molecule has 4 rings (SSSR count). The van der Waals surface area contributed by atoms with E-state index in [1.54, 1.807) is 61.5 Å². The molecule has 0 heterocycles. The molecule has 7 nitrogen and oxygen atoms in total. The summed E-state index contributed by atoms with van der Waals surface area (Å²) in [7, 11) is 0. The number of benzene rings is 4. The van der Waals surface area contributed by atoms with Crippen LogP contribution in [-0.2, 0) is 0 Å². The van der Waals surface area contributed by atoms with E-state index in [4.69, 9.17) is 5.73 Å². The lowest BCUT2D eigenvalue weighted by molar-refractivity contribution is 0.0997. The fourth-order valence-electron chi connectivity index (χ4n) is 3.34. The number of aromatic hydroxyl groups is 1. The first-order valence-corrected chi connectivity index (χ1v) is 9.87. The van der Waals surface area contributed by atoms with Crippen molar-refractivity contribution in [3.05, 3.63) is 95.6 Å². The van der Waals surface area contributed by atoms with Gasteiger partial charge in [-0.25, -0.2) is 0 Å². The van der Waals surface area contributed by atoms with E-state index in [2.05, 4.69) is 15.5 Å². The molecule has 2 amide bonds. The van der Waals surface area contributed by atoms with Crippen LogP contribution in [0.2, 0.25) is 0 Å². The standard InChI is InChI=1S/C25H20N4O3/c1-15-13-17(24(26)31)11-12-21(15)28-29-22-19-10-6-5-7-16(19)14-20(23(22)30)25(32)27-18-8-3-2-4-9-18/h2-14,30H,1H3,(H2,26,31)(H,27,32). The van der Waals surface area contributed by atoms with Gasteiger partial charge in [0.1, 0.15) is 5.69 Å². The van der Waals surface area contributed by atoms with Crippen molar-refractivity contribution < 1.29 is 14.7 Å². The van der Waals surface area contributed by atoms with Crippen molar-refractivity contribution in [1.29, 1.82) is 0 Å². The monoisotopic (exact) mass is 424 g/mol. The zero-order chi connectivity index (χ0) is 22.7. The average Bonchev–Trinajstić information content (AvgIpc) is 2.79. The average molecular weight is 424 g/mol. The number of fused-ring (bicyclic) bond motifs is 1. The van der Waals surface area contributed by atoms with Gasteiger partial charge in [-0.15, -0.1) is 5.11 Å². The van der Waals surface area contributed by atoms with Crippen LogP contribution in [0, 0.1) is 6.92 Å². The van der Waals surface area contributed by atoms with E-state index in [1.165, 1.54) is 0 Å². The van der Waals surface area contributed by atoms with Crippen molar-refractivity contribution in [1.82, 2.24) is 0 Å². The Hall–Kier alpha value is -4.52. The number of hydrogen-bond donors (Lipinski definition) is 3. The Morgan fingerprint density at radius 1 is 0.906 bits per heavy atom. The number of nitrogens with two attached hydrogens (primary N) is 1. The lowest BCUT2D eigenvalue weighted by Gasteiger charge is -2.11. The maximum atomic E-state index is 12.9. The second-order valence-corrected chi connectivity index (χ2v) is 7.23. The summed E-state index contributed by atoms with van der Waals surface area (Å²) in [6.45, 7) is 1.78. The smallest absolute Gasteiger partial charge is 0.259 e. The van der Waals surface area contributed by atoms with Gasteiger partial charge in [-0.05, 0) is 54.3 Å². The van der Waals surface area contributed by atoms with Crippen LogP contribution >= 0.6 is 0 Å². The molecule has 0 aromatic heterocycles. The fourth-order valence-corrected chi connectivity index (χ4v) is 3.34. The molecule has 0 aliphatic carbocycles. The van der Waals surface area contributed by atoms with Crippen molar-refractivity contribution in [3.63, 3.8) is 0 Å². The van der Waals surface area contributed by atoms with Crippen LogP contribution in [0.5, 0.6) is 5.75 Å². The minimum absolute atomic E-state index is 0.0855. The molecule has 0 saturated carbocycles. The SMILES string of the molecule is Cc1cc(C(N)=O)ccc1N=Nc1c(O)c(C(=O)Nc2ccccc2)cc2ccccc12. The molecule has 0 fully saturated rings. The third-order valence-corrected chi connectivity index (χ3v) is 5.01. The van der Waals surface area contributed by atoms with Crippen LogP contribution in [0.25, 0.3) is 10.8 Å². The summed E-state index contributed by atoms with van der Waals surface area (Å²) in [5, 5.41) is 23.6. The van der Waals surface area contributed by atoms with E-state index in [-0.39, 0.29) is 17.0 Å². The van der Waals surface area contributed by atoms with Gasteiger partial charge in [-0.1, -0.05) is 42.5 Å². The van der Waals surface area contributed by atoms with Gasteiger partial charge in [0.2, 0.25) is 5.91 Å². The van der Waals surface area contributed by atoms with Gasteiger partial charge >= 0.3 is 0 Å². The van der Waals surface area contributed by atoms with Crippen molar-refractivity contribution in [2.75, 3.05) is 5.32 Å². The van der Waals surface area contributed by atoms with E-state index < -0.39 is 11.8 Å². The number of phenolic OH excluding ortho intramolecular Hbond substituents is 1. The minimum atomic E-state index is -0.530. The molecule has 158 valence electrons. The number of hydrogen-bond acceptors (Lipinski definition) is 5. The van der Waals surface area contributed by atoms with Gasteiger partial charge in [-0.2, -0.15) is 5.11 Å². The van der Waals surface area contributed by atoms with Crippen LogP contribution in [0.15, 0.2) is 89.1 Å². The molecular weight excluding hydrogens is 404 g/mol. The second-order valence-electron chi connectivity index (χ2n) is 7.23. The predicted molar refractivity (Wildman–Crippen MR) is 124 cm³/mol. The van der Waals surface area contributed by atoms with Crippen LogP contribution in [0.1, 0.15) is 26.3 Å². The molecule has 0 bridgehead atoms. The molecule has 0 radical (unpaired) electrons. The summed E-state index contributed by atoms with van der Waals surface area (Å²) in [4.78, 5) is 24.2. The normalized spacial score (nSPS) is 11.0. The molecular formula is C25H20N4O3. The van der Waals surface area contributed by atoms with Gasteiger partial charge in [-0.3, -0.25) is 9.59 Å². The number of amides is 2. The summed E-state index contributed by atoms with van der Waals surface area (Å²) in [6.07, 6.45) is 0. The van der Waals surface area contributed by atoms with Gasteiger partial charge in [0, 0.05) is 16.6 Å². The van der Waals surface area contributed by atoms with Crippen molar-refractivity contribution in [2.24, 2.45) is 16.0 Å². The third kappa shape index (κ3) is 4.17.